The van der Waals surface area contributed by atoms with Crippen molar-refractivity contribution >= 4 is 23.9 Å². The van der Waals surface area contributed by atoms with Crippen molar-refractivity contribution in [3.05, 3.63) is 95.1 Å². The Hall–Kier alpha value is -4.46. The molecule has 3 aromatic rings. The number of imide groups is 1. The third-order valence-electron chi connectivity index (χ3n) is 7.82. The lowest BCUT2D eigenvalue weighted by Crippen LogP contribution is -2.41. The summed E-state index contributed by atoms with van der Waals surface area (Å²) in [6.07, 6.45) is 1.84. The Labute approximate surface area is 226 Å². The first-order valence-corrected chi connectivity index (χ1v) is 13.3. The van der Waals surface area contributed by atoms with Gasteiger partial charge in [0.15, 0.2) is 0 Å². The maximum Gasteiger partial charge on any atom is 0.409 e. The molecule has 0 aromatic heterocycles. The normalized spacial score (nSPS) is 18.0. The minimum atomic E-state index is -0.650. The molecule has 3 aromatic carbocycles. The number of carbonyl (C=O) groups is 4. The van der Waals surface area contributed by atoms with E-state index in [0.29, 0.717) is 24.6 Å². The van der Waals surface area contributed by atoms with Gasteiger partial charge in [0.05, 0.1) is 11.1 Å². The second-order valence-electron chi connectivity index (χ2n) is 10.2. The topological polar surface area (TPSA) is 93.2 Å². The summed E-state index contributed by atoms with van der Waals surface area (Å²) in [5.41, 5.74) is 5.14. The van der Waals surface area contributed by atoms with Crippen LogP contribution in [0.25, 0.3) is 11.1 Å². The molecule has 2 heterocycles. The Bertz CT molecular complexity index is 1390. The number of ether oxygens (including phenoxy) is 1. The van der Waals surface area contributed by atoms with E-state index in [1.807, 2.05) is 24.3 Å². The maximum atomic E-state index is 13.0. The highest BCUT2D eigenvalue weighted by atomic mass is 16.7. The zero-order valence-electron chi connectivity index (χ0n) is 21.4. The first kappa shape index (κ1) is 24.9. The second kappa shape index (κ2) is 10.4. The van der Waals surface area contributed by atoms with Crippen LogP contribution in [0.5, 0.6) is 0 Å². The molecular weight excluding hydrogens is 496 g/mol. The van der Waals surface area contributed by atoms with E-state index in [1.165, 1.54) is 34.4 Å². The molecule has 1 saturated heterocycles. The molecule has 3 aliphatic rings. The lowest BCUT2D eigenvalue weighted by Gasteiger charge is -2.32. The Morgan fingerprint density at radius 3 is 1.97 bits per heavy atom. The van der Waals surface area contributed by atoms with E-state index in [-0.39, 0.29) is 42.1 Å². The second-order valence-corrected chi connectivity index (χ2v) is 10.2. The van der Waals surface area contributed by atoms with Gasteiger partial charge in [-0.1, -0.05) is 65.7 Å². The van der Waals surface area contributed by atoms with E-state index in [2.05, 4.69) is 24.3 Å². The number of hydrogen-bond donors (Lipinski definition) is 0. The predicted octanol–water partition coefficient (Wildman–Crippen LogP) is 5.18. The van der Waals surface area contributed by atoms with Crippen molar-refractivity contribution in [2.75, 3.05) is 19.7 Å². The molecule has 6 rings (SSSR count). The molecule has 39 heavy (non-hydrogen) atoms. The van der Waals surface area contributed by atoms with Crippen molar-refractivity contribution < 1.29 is 28.8 Å². The van der Waals surface area contributed by atoms with Crippen LogP contribution >= 0.6 is 0 Å². The molecule has 198 valence electrons. The van der Waals surface area contributed by atoms with E-state index in [0.717, 1.165) is 12.8 Å². The van der Waals surface area contributed by atoms with Gasteiger partial charge in [0, 0.05) is 25.4 Å². The van der Waals surface area contributed by atoms with Crippen LogP contribution in [0.2, 0.25) is 0 Å². The first-order valence-electron chi connectivity index (χ1n) is 13.3. The molecule has 1 aliphatic carbocycles. The molecule has 0 saturated carbocycles. The number of likely N-dealkylation sites (tertiary alicyclic amines) is 1. The predicted molar refractivity (Wildman–Crippen MR) is 142 cm³/mol. The zero-order chi connectivity index (χ0) is 26.9. The molecule has 1 atom stereocenters. The summed E-state index contributed by atoms with van der Waals surface area (Å²) in [6.45, 7) is 1.35. The van der Waals surface area contributed by atoms with Crippen molar-refractivity contribution in [1.29, 1.82) is 0 Å². The average molecular weight is 525 g/mol. The third-order valence-corrected chi connectivity index (χ3v) is 7.82. The molecule has 0 N–H and O–H groups in total. The summed E-state index contributed by atoms with van der Waals surface area (Å²) in [7, 11) is 0. The van der Waals surface area contributed by atoms with E-state index in [4.69, 9.17) is 9.57 Å². The third kappa shape index (κ3) is 4.67. The highest BCUT2D eigenvalue weighted by Crippen LogP contribution is 2.44. The van der Waals surface area contributed by atoms with Crippen molar-refractivity contribution in [3.63, 3.8) is 0 Å². The van der Waals surface area contributed by atoms with Crippen molar-refractivity contribution in [3.8, 4) is 11.1 Å². The van der Waals surface area contributed by atoms with Crippen molar-refractivity contribution in [2.24, 2.45) is 5.92 Å². The quantitative estimate of drug-likeness (QED) is 0.413. The van der Waals surface area contributed by atoms with E-state index >= 15 is 0 Å². The Balaban J connectivity index is 1.01. The van der Waals surface area contributed by atoms with Gasteiger partial charge in [-0.15, -0.1) is 0 Å². The van der Waals surface area contributed by atoms with Crippen molar-refractivity contribution in [1.82, 2.24) is 9.96 Å². The zero-order valence-corrected chi connectivity index (χ0v) is 21.4. The lowest BCUT2D eigenvalue weighted by atomic mass is 9.93. The summed E-state index contributed by atoms with van der Waals surface area (Å²) in [6, 6.07) is 22.8. The molecule has 1 fully saturated rings. The number of amides is 3. The number of hydroxylamine groups is 2. The van der Waals surface area contributed by atoms with E-state index < -0.39 is 17.8 Å². The Morgan fingerprint density at radius 2 is 1.36 bits per heavy atom. The largest absolute Gasteiger partial charge is 0.448 e. The summed E-state index contributed by atoms with van der Waals surface area (Å²) < 4.78 is 5.81. The van der Waals surface area contributed by atoms with Crippen LogP contribution in [0, 0.1) is 5.92 Å². The van der Waals surface area contributed by atoms with Gasteiger partial charge in [-0.05, 0) is 59.6 Å². The van der Waals surface area contributed by atoms with Gasteiger partial charge in [0.1, 0.15) is 6.61 Å². The summed E-state index contributed by atoms with van der Waals surface area (Å²) in [5, 5.41) is 0.539. The van der Waals surface area contributed by atoms with Gasteiger partial charge in [-0.3, -0.25) is 9.59 Å². The Morgan fingerprint density at radius 1 is 0.795 bits per heavy atom. The minimum absolute atomic E-state index is 0.00106. The number of piperidine rings is 1. The molecule has 8 heteroatoms. The molecule has 3 amide bonds. The van der Waals surface area contributed by atoms with Gasteiger partial charge >= 0.3 is 12.1 Å². The molecule has 8 nitrogen and oxygen atoms in total. The SMILES string of the molecule is O=C(CCC1CCCN(C(=O)OCC2c3ccccc3-c3ccccc32)C1)ON1C(=O)c2ccccc2C1=O. The monoisotopic (exact) mass is 524 g/mol. The van der Waals surface area contributed by atoms with Crippen molar-refractivity contribution in [2.45, 2.75) is 31.6 Å². The fraction of sp³-hybridized carbons (Fsp3) is 0.290. The van der Waals surface area contributed by atoms with E-state index in [9.17, 15) is 19.2 Å². The van der Waals surface area contributed by atoms with Crippen LogP contribution in [0.3, 0.4) is 0 Å². The standard InChI is InChI=1S/C31H28N2O6/c34-28(39-33-29(35)25-13-5-6-14-26(25)30(33)36)16-15-20-8-7-17-32(18-20)31(37)38-19-27-23-11-3-1-9-21(23)22-10-2-4-12-24(22)27/h1-6,9-14,20,27H,7-8,15-19H2. The number of hydrogen-bond acceptors (Lipinski definition) is 6. The fourth-order valence-electron chi connectivity index (χ4n) is 5.87. The highest BCUT2D eigenvalue weighted by Gasteiger charge is 2.38. The molecule has 0 bridgehead atoms. The van der Waals surface area contributed by atoms with Gasteiger partial charge in [0.25, 0.3) is 11.8 Å². The van der Waals surface area contributed by atoms with Crippen LogP contribution in [-0.4, -0.2) is 53.5 Å². The van der Waals surface area contributed by atoms with Crippen LogP contribution in [0.1, 0.15) is 63.4 Å². The molecule has 0 radical (unpaired) electrons. The summed E-state index contributed by atoms with van der Waals surface area (Å²) in [5.74, 6) is -1.83. The van der Waals surface area contributed by atoms with Crippen LogP contribution in [0.4, 0.5) is 4.79 Å². The number of rotatable bonds is 6. The fourth-order valence-corrected chi connectivity index (χ4v) is 5.87. The van der Waals surface area contributed by atoms with Gasteiger partial charge in [-0.2, -0.15) is 0 Å². The number of nitrogens with zero attached hydrogens (tertiary/aromatic N) is 2. The van der Waals surface area contributed by atoms with Crippen LogP contribution < -0.4 is 0 Å². The summed E-state index contributed by atoms with van der Waals surface area (Å²) in [4.78, 5) is 57.2. The van der Waals surface area contributed by atoms with Gasteiger partial charge < -0.3 is 14.5 Å². The van der Waals surface area contributed by atoms with Crippen LogP contribution in [-0.2, 0) is 14.4 Å². The average Bonchev–Trinajstić information content (AvgIpc) is 3.42. The Kier molecular flexibility index (Phi) is 6.60. The number of fused-ring (bicyclic) bond motifs is 4. The summed E-state index contributed by atoms with van der Waals surface area (Å²) >= 11 is 0. The molecule has 2 aliphatic heterocycles. The first-order chi connectivity index (χ1) is 19.0. The number of carbonyl (C=O) groups excluding carboxylic acids is 4. The van der Waals surface area contributed by atoms with Gasteiger partial charge in [-0.25, -0.2) is 9.59 Å². The molecule has 1 unspecified atom stereocenters. The number of benzene rings is 3. The highest BCUT2D eigenvalue weighted by molar-refractivity contribution is 6.20. The minimum Gasteiger partial charge on any atom is -0.448 e. The molecular formula is C31H28N2O6. The lowest BCUT2D eigenvalue weighted by molar-refractivity contribution is -0.168. The smallest absolute Gasteiger partial charge is 0.409 e. The molecule has 0 spiro atoms. The van der Waals surface area contributed by atoms with E-state index in [1.54, 1.807) is 17.0 Å². The van der Waals surface area contributed by atoms with Crippen LogP contribution in [0.15, 0.2) is 72.8 Å². The van der Waals surface area contributed by atoms with Gasteiger partial charge in [0.2, 0.25) is 0 Å². The maximum absolute atomic E-state index is 13.0.